The fourth-order valence-electron chi connectivity index (χ4n) is 1.62. The van der Waals surface area contributed by atoms with Crippen LogP contribution in [0, 0.1) is 11.6 Å². The van der Waals surface area contributed by atoms with Gasteiger partial charge in [0.1, 0.15) is 5.02 Å². The van der Waals surface area contributed by atoms with E-state index < -0.39 is 40.0 Å². The summed E-state index contributed by atoms with van der Waals surface area (Å²) in [6, 6.07) is 0.850. The third-order valence-corrected chi connectivity index (χ3v) is 3.57. The van der Waals surface area contributed by atoms with Crippen LogP contribution < -0.4 is 5.32 Å². The van der Waals surface area contributed by atoms with Crippen molar-refractivity contribution < 1.29 is 27.8 Å². The predicted octanol–water partition coefficient (Wildman–Crippen LogP) is 3.51. The summed E-state index contributed by atoms with van der Waals surface area (Å²) in [7, 11) is 0. The fourth-order valence-corrected chi connectivity index (χ4v) is 2.50. The lowest BCUT2D eigenvalue weighted by atomic mass is 10.2. The molecule has 22 heavy (non-hydrogen) atoms. The number of carbonyl (C=O) groups is 2. The average Bonchev–Trinajstić information content (AvgIpc) is 2.37. The summed E-state index contributed by atoms with van der Waals surface area (Å²) < 4.78 is 36.4. The Morgan fingerprint density at radius 1 is 1.27 bits per heavy atom. The van der Waals surface area contributed by atoms with Crippen molar-refractivity contribution in [3.63, 3.8) is 0 Å². The van der Waals surface area contributed by atoms with Gasteiger partial charge in [0.15, 0.2) is 17.2 Å². The number of esters is 2. The van der Waals surface area contributed by atoms with Crippen LogP contribution in [0.1, 0.15) is 13.8 Å². The van der Waals surface area contributed by atoms with Gasteiger partial charge in [-0.2, -0.15) is 0 Å². The highest BCUT2D eigenvalue weighted by Crippen LogP contribution is 2.35. The molecule has 0 aromatic heterocycles. The Bertz CT molecular complexity index is 684. The minimum Gasteiger partial charge on any atom is -0.419 e. The van der Waals surface area contributed by atoms with Crippen LogP contribution in [0.3, 0.4) is 0 Å². The van der Waals surface area contributed by atoms with Crippen LogP contribution in [0.4, 0.5) is 14.5 Å². The number of benzene rings is 1. The topological polar surface area (TPSA) is 64.6 Å². The molecule has 5 nitrogen and oxygen atoms in total. The highest BCUT2D eigenvalue weighted by Gasteiger charge is 2.39. The van der Waals surface area contributed by atoms with E-state index in [4.69, 9.17) is 21.1 Å². The third kappa shape index (κ3) is 3.22. The molecule has 0 spiro atoms. The smallest absolute Gasteiger partial charge is 0.350 e. The van der Waals surface area contributed by atoms with Crippen molar-refractivity contribution in [2.24, 2.45) is 0 Å². The Kier molecular flexibility index (Phi) is 4.44. The summed E-state index contributed by atoms with van der Waals surface area (Å²) >= 11 is 8.66. The largest absolute Gasteiger partial charge is 0.419 e. The number of hydrogen-bond donors (Lipinski definition) is 1. The molecule has 0 aliphatic carbocycles. The molecule has 1 fully saturated rings. The monoisotopic (exact) mass is 395 g/mol. The number of carbonyl (C=O) groups excluding carboxylic acids is 2. The number of anilines is 1. The van der Waals surface area contributed by atoms with Crippen molar-refractivity contribution in [1.82, 2.24) is 0 Å². The first-order valence-electron chi connectivity index (χ1n) is 5.89. The standard InChI is InChI=1S/C13H9BrClF2NO4/c1-13(2)21-11(19)5(12(20)22-13)4-18-10-6(14)3-7(16)9(17)8(10)15/h3-4,18H,1-2H3. The van der Waals surface area contributed by atoms with E-state index in [9.17, 15) is 18.4 Å². The van der Waals surface area contributed by atoms with Crippen LogP contribution in [-0.2, 0) is 19.1 Å². The minimum absolute atomic E-state index is 0.0569. The first kappa shape index (κ1) is 16.7. The molecule has 1 aromatic carbocycles. The van der Waals surface area contributed by atoms with Gasteiger partial charge in [0.25, 0.3) is 5.79 Å². The van der Waals surface area contributed by atoms with Crippen molar-refractivity contribution >= 4 is 45.2 Å². The molecule has 0 atom stereocenters. The van der Waals surface area contributed by atoms with E-state index in [2.05, 4.69) is 21.2 Å². The van der Waals surface area contributed by atoms with Gasteiger partial charge in [0.05, 0.1) is 5.69 Å². The predicted molar refractivity (Wildman–Crippen MR) is 77.0 cm³/mol. The molecule has 1 heterocycles. The van der Waals surface area contributed by atoms with Crippen LogP contribution in [0.15, 0.2) is 22.3 Å². The number of halogens is 4. The minimum atomic E-state index is -1.37. The van der Waals surface area contributed by atoms with E-state index in [-0.39, 0.29) is 10.2 Å². The second-order valence-electron chi connectivity index (χ2n) is 4.72. The molecule has 1 aliphatic rings. The zero-order valence-corrected chi connectivity index (χ0v) is 13.6. The maximum atomic E-state index is 13.4. The van der Waals surface area contributed by atoms with Crippen LogP contribution in [0.2, 0.25) is 5.02 Å². The normalized spacial score (nSPS) is 16.9. The lowest BCUT2D eigenvalue weighted by Gasteiger charge is -2.29. The van der Waals surface area contributed by atoms with Crippen molar-refractivity contribution in [2.75, 3.05) is 5.32 Å². The molecule has 2 rings (SSSR count). The maximum absolute atomic E-state index is 13.4. The zero-order valence-electron chi connectivity index (χ0n) is 11.3. The summed E-state index contributed by atoms with van der Waals surface area (Å²) in [5.41, 5.74) is -0.495. The van der Waals surface area contributed by atoms with Crippen LogP contribution >= 0.6 is 27.5 Å². The van der Waals surface area contributed by atoms with Crippen molar-refractivity contribution in [3.05, 3.63) is 39.0 Å². The molecular formula is C13H9BrClF2NO4. The number of nitrogens with one attached hydrogen (secondary N) is 1. The van der Waals surface area contributed by atoms with Crippen LogP contribution in [0.25, 0.3) is 0 Å². The lowest BCUT2D eigenvalue weighted by Crippen LogP contribution is -2.42. The van der Waals surface area contributed by atoms with E-state index >= 15 is 0 Å². The summed E-state index contributed by atoms with van der Waals surface area (Å²) in [6.07, 6.45) is 0.948. The molecule has 0 radical (unpaired) electrons. The number of hydrogen-bond acceptors (Lipinski definition) is 5. The van der Waals surface area contributed by atoms with Gasteiger partial charge < -0.3 is 14.8 Å². The number of rotatable bonds is 2. The molecule has 118 valence electrons. The average molecular weight is 397 g/mol. The summed E-state index contributed by atoms with van der Waals surface area (Å²) in [6.45, 7) is 2.80. The van der Waals surface area contributed by atoms with Crippen molar-refractivity contribution in [2.45, 2.75) is 19.6 Å². The summed E-state index contributed by atoms with van der Waals surface area (Å²) in [5, 5.41) is 1.92. The second kappa shape index (κ2) is 5.85. The van der Waals surface area contributed by atoms with Gasteiger partial charge >= 0.3 is 11.9 Å². The fraction of sp³-hybridized carbons (Fsp3) is 0.231. The Labute approximate surface area is 137 Å². The molecule has 1 aliphatic heterocycles. The Balaban J connectivity index is 2.32. The lowest BCUT2D eigenvalue weighted by molar-refractivity contribution is -0.222. The van der Waals surface area contributed by atoms with Crippen LogP contribution in [0.5, 0.6) is 0 Å². The second-order valence-corrected chi connectivity index (χ2v) is 5.96. The van der Waals surface area contributed by atoms with Crippen molar-refractivity contribution in [1.29, 1.82) is 0 Å². The quantitative estimate of drug-likeness (QED) is 0.272. The van der Waals surface area contributed by atoms with E-state index in [1.807, 2.05) is 0 Å². The maximum Gasteiger partial charge on any atom is 0.350 e. The first-order chi connectivity index (χ1) is 10.1. The van der Waals surface area contributed by atoms with Crippen molar-refractivity contribution in [3.8, 4) is 0 Å². The number of cyclic esters (lactones) is 2. The van der Waals surface area contributed by atoms with E-state index in [0.29, 0.717) is 0 Å². The molecule has 0 saturated carbocycles. The van der Waals surface area contributed by atoms with Gasteiger partial charge in [0.2, 0.25) is 0 Å². The van der Waals surface area contributed by atoms with Gasteiger partial charge in [0, 0.05) is 24.5 Å². The van der Waals surface area contributed by atoms with Gasteiger partial charge in [-0.25, -0.2) is 18.4 Å². The molecule has 0 unspecified atom stereocenters. The van der Waals surface area contributed by atoms with Gasteiger partial charge in [-0.15, -0.1) is 0 Å². The highest BCUT2D eigenvalue weighted by atomic mass is 79.9. The Hall–Kier alpha value is -1.67. The van der Waals surface area contributed by atoms with Gasteiger partial charge in [-0.1, -0.05) is 11.6 Å². The van der Waals surface area contributed by atoms with Gasteiger partial charge in [-0.05, 0) is 22.0 Å². The van der Waals surface area contributed by atoms with Crippen LogP contribution in [-0.4, -0.2) is 17.7 Å². The molecule has 9 heteroatoms. The summed E-state index contributed by atoms with van der Waals surface area (Å²) in [5.74, 6) is -5.60. The van der Waals surface area contributed by atoms with E-state index in [0.717, 1.165) is 12.3 Å². The third-order valence-electron chi connectivity index (χ3n) is 2.59. The summed E-state index contributed by atoms with van der Waals surface area (Å²) in [4.78, 5) is 23.4. The zero-order chi connectivity index (χ0) is 16.7. The molecule has 0 amide bonds. The highest BCUT2D eigenvalue weighted by molar-refractivity contribution is 9.10. The number of ether oxygens (including phenoxy) is 2. The molecule has 1 saturated heterocycles. The Morgan fingerprint density at radius 3 is 2.36 bits per heavy atom. The van der Waals surface area contributed by atoms with Gasteiger partial charge in [-0.3, -0.25) is 0 Å². The molecule has 1 aromatic rings. The Morgan fingerprint density at radius 2 is 1.82 bits per heavy atom. The molecule has 0 bridgehead atoms. The molecule has 1 N–H and O–H groups in total. The SMILES string of the molecule is CC1(C)OC(=O)C(=CNc2c(Br)cc(F)c(F)c2Cl)C(=O)O1. The first-order valence-corrected chi connectivity index (χ1v) is 7.06. The van der Waals surface area contributed by atoms with E-state index in [1.54, 1.807) is 0 Å². The van der Waals surface area contributed by atoms with E-state index in [1.165, 1.54) is 13.8 Å². The molecular weight excluding hydrogens is 387 g/mol.